The van der Waals surface area contributed by atoms with Gasteiger partial charge in [-0.3, -0.25) is 0 Å². The van der Waals surface area contributed by atoms with E-state index in [4.69, 9.17) is 28.5 Å². The van der Waals surface area contributed by atoms with Crippen LogP contribution >= 0.6 is 34.5 Å². The van der Waals surface area contributed by atoms with E-state index in [1.54, 1.807) is 6.07 Å². The Balaban J connectivity index is 1.68. The lowest BCUT2D eigenvalue weighted by molar-refractivity contribution is 0.692. The molecule has 27 heavy (non-hydrogen) atoms. The zero-order valence-electron chi connectivity index (χ0n) is 14.7. The van der Waals surface area contributed by atoms with Gasteiger partial charge in [0.05, 0.1) is 32.0 Å². The normalized spacial score (nSPS) is 11.3. The van der Waals surface area contributed by atoms with Crippen LogP contribution in [0.5, 0.6) is 0 Å². The van der Waals surface area contributed by atoms with Gasteiger partial charge in [-0.15, -0.1) is 10.2 Å². The van der Waals surface area contributed by atoms with E-state index >= 15 is 0 Å². The number of halogens is 2. The standard InChI is InChI=1S/C19H17Cl2N5S/c1-12-11-13(7-10-23-9-2-8-22)3-5-15(12)25-26-19-24-16-6-4-14(20)17(21)18(16)27-19/h3-6,11,23H,2,7,9-10H2,1H3. The predicted octanol–water partition coefficient (Wildman–Crippen LogP) is 6.37. The van der Waals surface area contributed by atoms with Crippen molar-refractivity contribution in [3.63, 3.8) is 0 Å². The molecule has 1 heterocycles. The van der Waals surface area contributed by atoms with Gasteiger partial charge in [0.15, 0.2) is 0 Å². The molecule has 1 N–H and O–H groups in total. The number of rotatable bonds is 7. The third kappa shape index (κ3) is 5.02. The minimum absolute atomic E-state index is 0.497. The molecule has 3 rings (SSSR count). The fraction of sp³-hybridized carbons (Fsp3) is 0.263. The maximum atomic E-state index is 8.52. The highest BCUT2D eigenvalue weighted by Gasteiger charge is 2.10. The van der Waals surface area contributed by atoms with Crippen molar-refractivity contribution in [3.05, 3.63) is 51.5 Å². The summed E-state index contributed by atoms with van der Waals surface area (Å²) in [6, 6.07) is 11.8. The lowest BCUT2D eigenvalue weighted by Crippen LogP contribution is -2.18. The van der Waals surface area contributed by atoms with E-state index in [1.807, 2.05) is 25.1 Å². The van der Waals surface area contributed by atoms with Crippen LogP contribution in [0.1, 0.15) is 17.5 Å². The molecule has 3 aromatic rings. The lowest BCUT2D eigenvalue weighted by atomic mass is 10.1. The molecule has 0 fully saturated rings. The predicted molar refractivity (Wildman–Crippen MR) is 112 cm³/mol. The third-order valence-electron chi connectivity index (χ3n) is 3.95. The average Bonchev–Trinajstić information content (AvgIpc) is 3.08. The number of hydrogen-bond acceptors (Lipinski definition) is 6. The Bertz CT molecular complexity index is 1020. The minimum atomic E-state index is 0.497. The highest BCUT2D eigenvalue weighted by Crippen LogP contribution is 2.38. The van der Waals surface area contributed by atoms with Gasteiger partial charge in [-0.25, -0.2) is 4.98 Å². The number of azo groups is 1. The highest BCUT2D eigenvalue weighted by atomic mass is 35.5. The summed E-state index contributed by atoms with van der Waals surface area (Å²) in [6.45, 7) is 3.58. The fourth-order valence-corrected chi connectivity index (χ4v) is 3.87. The molecule has 0 aliphatic heterocycles. The van der Waals surface area contributed by atoms with Crippen molar-refractivity contribution in [1.29, 1.82) is 5.26 Å². The zero-order valence-corrected chi connectivity index (χ0v) is 17.0. The van der Waals surface area contributed by atoms with Crippen LogP contribution in [0, 0.1) is 18.3 Å². The quantitative estimate of drug-likeness (QED) is 0.358. The second-order valence-corrected chi connectivity index (χ2v) is 7.70. The van der Waals surface area contributed by atoms with E-state index in [0.717, 1.165) is 41.0 Å². The maximum Gasteiger partial charge on any atom is 0.231 e. The molecule has 5 nitrogen and oxygen atoms in total. The Morgan fingerprint density at radius 2 is 2.04 bits per heavy atom. The van der Waals surface area contributed by atoms with Gasteiger partial charge < -0.3 is 5.32 Å². The highest BCUT2D eigenvalue weighted by molar-refractivity contribution is 7.22. The van der Waals surface area contributed by atoms with Crippen molar-refractivity contribution >= 4 is 55.6 Å². The Kier molecular flexibility index (Phi) is 6.75. The molecular formula is C19H17Cl2N5S. The molecule has 0 atom stereocenters. The Hall–Kier alpha value is -2.04. The maximum absolute atomic E-state index is 8.52. The number of nitriles is 1. The smallest absolute Gasteiger partial charge is 0.231 e. The molecule has 0 unspecified atom stereocenters. The summed E-state index contributed by atoms with van der Waals surface area (Å²) in [5.41, 5.74) is 3.84. The van der Waals surface area contributed by atoms with Gasteiger partial charge >= 0.3 is 0 Å². The number of aryl methyl sites for hydroxylation is 1. The van der Waals surface area contributed by atoms with E-state index in [1.165, 1.54) is 16.9 Å². The fourth-order valence-electron chi connectivity index (χ4n) is 2.55. The Morgan fingerprint density at radius 1 is 1.19 bits per heavy atom. The van der Waals surface area contributed by atoms with Gasteiger partial charge in [-0.05, 0) is 49.2 Å². The second kappa shape index (κ2) is 9.25. The van der Waals surface area contributed by atoms with Crippen molar-refractivity contribution in [2.24, 2.45) is 10.2 Å². The van der Waals surface area contributed by atoms with Crippen LogP contribution in [0.3, 0.4) is 0 Å². The van der Waals surface area contributed by atoms with Crippen molar-refractivity contribution in [2.45, 2.75) is 19.8 Å². The molecule has 0 saturated heterocycles. The summed E-state index contributed by atoms with van der Waals surface area (Å²) in [6.07, 6.45) is 1.43. The van der Waals surface area contributed by atoms with Crippen molar-refractivity contribution in [1.82, 2.24) is 10.3 Å². The monoisotopic (exact) mass is 417 g/mol. The molecule has 0 aliphatic rings. The van der Waals surface area contributed by atoms with E-state index in [9.17, 15) is 0 Å². The molecule has 0 bridgehead atoms. The lowest BCUT2D eigenvalue weighted by Gasteiger charge is -2.05. The number of fused-ring (bicyclic) bond motifs is 1. The molecule has 2 aromatic carbocycles. The van der Waals surface area contributed by atoms with Crippen LogP contribution in [-0.2, 0) is 6.42 Å². The van der Waals surface area contributed by atoms with Crippen LogP contribution in [0.15, 0.2) is 40.6 Å². The van der Waals surface area contributed by atoms with Crippen LogP contribution in [-0.4, -0.2) is 18.1 Å². The van der Waals surface area contributed by atoms with Gasteiger partial charge in [0, 0.05) is 13.0 Å². The van der Waals surface area contributed by atoms with E-state index in [0.29, 0.717) is 21.6 Å². The number of nitrogens with one attached hydrogen (secondary N) is 1. The molecule has 0 saturated carbocycles. The number of benzene rings is 2. The number of aromatic nitrogens is 1. The first-order valence-corrected chi connectivity index (χ1v) is 9.99. The first-order chi connectivity index (χ1) is 13.1. The number of nitrogens with zero attached hydrogens (tertiary/aromatic N) is 4. The molecule has 0 spiro atoms. The molecule has 1 aromatic heterocycles. The van der Waals surface area contributed by atoms with Crippen LogP contribution in [0.25, 0.3) is 10.2 Å². The molecule has 0 radical (unpaired) electrons. The van der Waals surface area contributed by atoms with Gasteiger partial charge in [0.2, 0.25) is 5.13 Å². The van der Waals surface area contributed by atoms with Gasteiger partial charge in [-0.2, -0.15) is 5.26 Å². The van der Waals surface area contributed by atoms with Crippen molar-refractivity contribution < 1.29 is 0 Å². The summed E-state index contributed by atoms with van der Waals surface area (Å²) < 4.78 is 0.814. The number of thiazole rings is 1. The first-order valence-electron chi connectivity index (χ1n) is 8.42. The number of hydrogen-bond donors (Lipinski definition) is 1. The topological polar surface area (TPSA) is 73.4 Å². The summed E-state index contributed by atoms with van der Waals surface area (Å²) >= 11 is 13.6. The largest absolute Gasteiger partial charge is 0.315 e. The molecule has 0 amide bonds. The van der Waals surface area contributed by atoms with Gasteiger partial charge in [-0.1, -0.05) is 46.7 Å². The summed E-state index contributed by atoms with van der Waals surface area (Å²) in [5.74, 6) is 0. The molecule has 8 heteroatoms. The van der Waals surface area contributed by atoms with Crippen LogP contribution < -0.4 is 5.32 Å². The first kappa shape index (κ1) is 19.7. The third-order valence-corrected chi connectivity index (χ3v) is 5.84. The van der Waals surface area contributed by atoms with E-state index in [2.05, 4.69) is 32.7 Å². The van der Waals surface area contributed by atoms with Crippen LogP contribution in [0.4, 0.5) is 10.8 Å². The summed E-state index contributed by atoms with van der Waals surface area (Å²) in [5, 5.41) is 21.9. The second-order valence-electron chi connectivity index (χ2n) is 5.94. The summed E-state index contributed by atoms with van der Waals surface area (Å²) in [7, 11) is 0. The molecule has 138 valence electrons. The van der Waals surface area contributed by atoms with Crippen molar-refractivity contribution in [3.8, 4) is 6.07 Å². The van der Waals surface area contributed by atoms with Crippen LogP contribution in [0.2, 0.25) is 10.0 Å². The van der Waals surface area contributed by atoms with E-state index in [-0.39, 0.29) is 0 Å². The van der Waals surface area contributed by atoms with Crippen molar-refractivity contribution in [2.75, 3.05) is 13.1 Å². The Morgan fingerprint density at radius 3 is 2.81 bits per heavy atom. The van der Waals surface area contributed by atoms with E-state index < -0.39 is 0 Å². The SMILES string of the molecule is Cc1cc(CCNCCC#N)ccc1N=Nc1nc2ccc(Cl)c(Cl)c2s1. The van der Waals surface area contributed by atoms with Gasteiger partial charge in [0.25, 0.3) is 0 Å². The zero-order chi connectivity index (χ0) is 19.2. The minimum Gasteiger partial charge on any atom is -0.315 e. The Labute approximate surface area is 171 Å². The van der Waals surface area contributed by atoms with Gasteiger partial charge in [0.1, 0.15) is 0 Å². The average molecular weight is 418 g/mol. The molecular weight excluding hydrogens is 401 g/mol. The molecule has 0 aliphatic carbocycles. The summed E-state index contributed by atoms with van der Waals surface area (Å²) in [4.78, 5) is 4.43.